The van der Waals surface area contributed by atoms with Crippen LogP contribution in [-0.4, -0.2) is 29.2 Å². The van der Waals surface area contributed by atoms with E-state index in [1.165, 1.54) is 12.1 Å². The molecule has 0 aliphatic heterocycles. The molecular weight excluding hydrogens is 430 g/mol. The van der Waals surface area contributed by atoms with Crippen molar-refractivity contribution in [3.05, 3.63) is 83.2 Å². The van der Waals surface area contributed by atoms with Crippen LogP contribution in [0.15, 0.2) is 81.2 Å². The second kappa shape index (κ2) is 8.87. The summed E-state index contributed by atoms with van der Waals surface area (Å²) in [6.07, 6.45) is 0.558. The van der Waals surface area contributed by atoms with Gasteiger partial charge in [-0.25, -0.2) is 13.6 Å². The van der Waals surface area contributed by atoms with Gasteiger partial charge in [-0.1, -0.05) is 30.3 Å². The van der Waals surface area contributed by atoms with E-state index in [1.54, 1.807) is 41.8 Å². The topological polar surface area (TPSA) is 120 Å². The zero-order valence-corrected chi connectivity index (χ0v) is 17.7. The summed E-state index contributed by atoms with van der Waals surface area (Å²) in [5.74, 6) is 0.375. The van der Waals surface area contributed by atoms with Crippen LogP contribution in [0.5, 0.6) is 0 Å². The molecule has 2 aromatic carbocycles. The Morgan fingerprint density at radius 3 is 2.21 bits per heavy atom. The van der Waals surface area contributed by atoms with E-state index in [0.717, 1.165) is 16.9 Å². The molecule has 1 aromatic heterocycles. The highest BCUT2D eigenvalue weighted by molar-refractivity contribution is 7.92. The molecule has 0 bridgehead atoms. The van der Waals surface area contributed by atoms with Gasteiger partial charge < -0.3 is 0 Å². The highest BCUT2D eigenvalue weighted by Crippen LogP contribution is 2.15. The minimum absolute atomic E-state index is 0.0504. The molecule has 152 valence electrons. The third-order valence-electron chi connectivity index (χ3n) is 4.03. The van der Waals surface area contributed by atoms with Crippen LogP contribution in [0.3, 0.4) is 0 Å². The van der Waals surface area contributed by atoms with Crippen LogP contribution in [0.2, 0.25) is 0 Å². The fourth-order valence-corrected chi connectivity index (χ4v) is 5.16. The Balaban J connectivity index is 1.79. The normalized spacial score (nSPS) is 12.7. The van der Waals surface area contributed by atoms with Crippen LogP contribution < -0.4 is 14.9 Å². The van der Waals surface area contributed by atoms with Gasteiger partial charge in [-0.3, -0.25) is 4.99 Å². The highest BCUT2D eigenvalue weighted by Gasteiger charge is 2.24. The number of thiophene rings is 1. The average Bonchev–Trinajstić information content (AvgIpc) is 3.23. The number of benzene rings is 2. The summed E-state index contributed by atoms with van der Waals surface area (Å²) in [6.45, 7) is 0.436. The van der Waals surface area contributed by atoms with E-state index >= 15 is 0 Å². The Hall–Kier alpha value is -2.53. The molecule has 0 fully saturated rings. The lowest BCUT2D eigenvalue weighted by Gasteiger charge is -2.05. The summed E-state index contributed by atoms with van der Waals surface area (Å²) in [6, 6.07) is 18.6. The molecule has 0 radical (unpaired) electrons. The molecule has 0 spiro atoms. The molecule has 7 nitrogen and oxygen atoms in total. The minimum atomic E-state index is -3.73. The maximum absolute atomic E-state index is 12.6. The number of amidine groups is 1. The van der Waals surface area contributed by atoms with E-state index in [-0.39, 0.29) is 9.10 Å². The summed E-state index contributed by atoms with van der Waals surface area (Å²) in [4.78, 5) is 3.19. The van der Waals surface area contributed by atoms with E-state index in [9.17, 15) is 16.8 Å². The lowest BCUT2D eigenvalue weighted by atomic mass is 10.1. The molecule has 10 heteroatoms. The molecule has 3 aromatic rings. The molecule has 4 N–H and O–H groups in total. The third kappa shape index (κ3) is 5.73. The van der Waals surface area contributed by atoms with Crippen LogP contribution in [0.25, 0.3) is 0 Å². The first-order valence-corrected chi connectivity index (χ1v) is 12.5. The number of hydrogen-bond acceptors (Lipinski definition) is 5. The second-order valence-corrected chi connectivity index (χ2v) is 10.6. The maximum atomic E-state index is 12.6. The molecular formula is C19H20N3O4S3+. The number of primary sulfonamides is 1. The van der Waals surface area contributed by atoms with Crippen molar-refractivity contribution in [2.45, 2.75) is 15.5 Å². The maximum Gasteiger partial charge on any atom is 0.338 e. The average molecular weight is 451 g/mol. The fraction of sp³-hybridized carbons (Fsp3) is 0.105. The molecule has 3 rings (SSSR count). The largest absolute Gasteiger partial charge is 0.338 e. The molecule has 1 heterocycles. The monoisotopic (exact) mass is 450 g/mol. The Bertz CT molecular complexity index is 1190. The van der Waals surface area contributed by atoms with E-state index < -0.39 is 20.0 Å². The highest BCUT2D eigenvalue weighted by atomic mass is 32.2. The smallest absolute Gasteiger partial charge is 0.273 e. The fourth-order valence-electron chi connectivity index (χ4n) is 2.58. The first-order chi connectivity index (χ1) is 13.8. The molecule has 0 saturated heterocycles. The first-order valence-electron chi connectivity index (χ1n) is 8.60. The summed E-state index contributed by atoms with van der Waals surface area (Å²) < 4.78 is 50.7. The quantitative estimate of drug-likeness (QED) is 0.357. The molecule has 29 heavy (non-hydrogen) atoms. The van der Waals surface area contributed by atoms with Crippen LogP contribution >= 0.6 is 11.3 Å². The van der Waals surface area contributed by atoms with Gasteiger partial charge in [0, 0.05) is 6.42 Å². The van der Waals surface area contributed by atoms with Crippen LogP contribution in [-0.2, 0) is 26.5 Å². The number of hydrogen-bond donors (Lipinski definition) is 3. The molecule has 0 unspecified atom stereocenters. The van der Waals surface area contributed by atoms with Gasteiger partial charge >= 0.3 is 10.0 Å². The van der Waals surface area contributed by atoms with Crippen LogP contribution in [0.4, 0.5) is 0 Å². The van der Waals surface area contributed by atoms with Gasteiger partial charge in [0.05, 0.1) is 17.0 Å². The van der Waals surface area contributed by atoms with Crippen molar-refractivity contribution in [1.29, 1.82) is 0 Å². The summed E-state index contributed by atoms with van der Waals surface area (Å²) in [5.41, 5.74) is 1.59. The molecule has 0 atom stereocenters. The Labute approximate surface area is 174 Å². The van der Waals surface area contributed by atoms with Crippen LogP contribution in [0.1, 0.15) is 11.1 Å². The number of rotatable bonds is 7. The van der Waals surface area contributed by atoms with Crippen molar-refractivity contribution < 1.29 is 21.8 Å². The number of sulfonamides is 2. The van der Waals surface area contributed by atoms with Gasteiger partial charge in [0.15, 0.2) is 4.21 Å². The van der Waals surface area contributed by atoms with Gasteiger partial charge in [0.2, 0.25) is 10.0 Å². The zero-order chi connectivity index (χ0) is 20.9. The third-order valence-corrected chi connectivity index (χ3v) is 7.70. The predicted molar refractivity (Wildman–Crippen MR) is 113 cm³/mol. The van der Waals surface area contributed by atoms with E-state index in [1.807, 2.05) is 18.2 Å². The SMILES string of the molecule is NS(=O)(=O)c1ccc(CC[NH+]=C(NS(=O)(=O)c2cccs2)c2ccccc2)cc1. The lowest BCUT2D eigenvalue weighted by molar-refractivity contribution is -0.457. The van der Waals surface area contributed by atoms with Crippen molar-refractivity contribution >= 4 is 37.2 Å². The van der Waals surface area contributed by atoms with E-state index in [4.69, 9.17) is 5.14 Å². The lowest BCUT2D eigenvalue weighted by Crippen LogP contribution is -2.77. The Morgan fingerprint density at radius 2 is 1.62 bits per heavy atom. The van der Waals surface area contributed by atoms with Crippen molar-refractivity contribution in [2.24, 2.45) is 5.14 Å². The van der Waals surface area contributed by atoms with Gasteiger partial charge in [0.25, 0.3) is 5.84 Å². The van der Waals surface area contributed by atoms with Crippen molar-refractivity contribution in [3.8, 4) is 0 Å². The zero-order valence-electron chi connectivity index (χ0n) is 15.3. The minimum Gasteiger partial charge on any atom is -0.273 e. The molecule has 0 amide bonds. The van der Waals surface area contributed by atoms with Gasteiger partial charge in [-0.15, -0.1) is 11.3 Å². The first kappa shape index (κ1) is 21.2. The standard InChI is InChI=1S/C19H19N3O4S3/c20-28(23,24)17-10-8-15(9-11-17)12-13-21-19(16-5-2-1-3-6-16)22-29(25,26)18-7-4-14-27-18/h1-11,14H,12-13H2,(H,21,22)(H2,20,23,24)/p+1. The van der Waals surface area contributed by atoms with E-state index in [0.29, 0.717) is 24.4 Å². The van der Waals surface area contributed by atoms with Crippen molar-refractivity contribution in [2.75, 3.05) is 6.54 Å². The predicted octanol–water partition coefficient (Wildman–Crippen LogP) is 0.444. The second-order valence-electron chi connectivity index (χ2n) is 6.14. The van der Waals surface area contributed by atoms with E-state index in [2.05, 4.69) is 9.71 Å². The summed E-state index contributed by atoms with van der Waals surface area (Å²) >= 11 is 1.14. The van der Waals surface area contributed by atoms with Gasteiger partial charge in [-0.2, -0.15) is 13.1 Å². The summed E-state index contributed by atoms with van der Waals surface area (Å²) in [5, 5.41) is 6.81. The molecule has 0 aliphatic carbocycles. The number of nitrogens with two attached hydrogens (primary N) is 1. The summed E-state index contributed by atoms with van der Waals surface area (Å²) in [7, 11) is -7.42. The van der Waals surface area contributed by atoms with Gasteiger partial charge in [0.1, 0.15) is 0 Å². The van der Waals surface area contributed by atoms with Crippen molar-refractivity contribution in [1.82, 2.24) is 4.72 Å². The molecule has 0 aliphatic rings. The number of nitrogens with one attached hydrogen (secondary N) is 2. The Kier molecular flexibility index (Phi) is 6.48. The van der Waals surface area contributed by atoms with Crippen molar-refractivity contribution in [3.63, 3.8) is 0 Å². The van der Waals surface area contributed by atoms with Crippen LogP contribution in [0, 0.1) is 0 Å². The van der Waals surface area contributed by atoms with Gasteiger partial charge in [-0.05, 0) is 47.3 Å². The Morgan fingerprint density at radius 1 is 0.931 bits per heavy atom. The molecule has 0 saturated carbocycles.